The van der Waals surface area contributed by atoms with Crippen molar-refractivity contribution in [1.29, 1.82) is 0 Å². The molecule has 2 nitrogen and oxygen atoms in total. The summed E-state index contributed by atoms with van der Waals surface area (Å²) in [4.78, 5) is 2.83. The first-order chi connectivity index (χ1) is 6.22. The standard InChI is InChI=1S/C9H7ClFNO/c10-9-6-2-1-5(11)3-7(6)12-8(9)4-13/h1-3,12-13H,4H2. The molecule has 2 rings (SSSR count). The van der Waals surface area contributed by atoms with Crippen LogP contribution in [0.2, 0.25) is 5.02 Å². The molecule has 4 heteroatoms. The van der Waals surface area contributed by atoms with Crippen molar-refractivity contribution in [2.75, 3.05) is 0 Å². The molecule has 0 aliphatic rings. The van der Waals surface area contributed by atoms with E-state index in [0.717, 1.165) is 5.39 Å². The molecule has 68 valence electrons. The van der Waals surface area contributed by atoms with Crippen LogP contribution in [0.5, 0.6) is 0 Å². The van der Waals surface area contributed by atoms with Crippen LogP contribution in [-0.4, -0.2) is 10.1 Å². The van der Waals surface area contributed by atoms with E-state index in [9.17, 15) is 4.39 Å². The normalized spacial score (nSPS) is 11.0. The molecule has 1 aromatic carbocycles. The van der Waals surface area contributed by atoms with Gasteiger partial charge in [0.25, 0.3) is 0 Å². The van der Waals surface area contributed by atoms with Gasteiger partial charge in [0.1, 0.15) is 5.82 Å². The van der Waals surface area contributed by atoms with E-state index in [1.807, 2.05) is 0 Å². The van der Waals surface area contributed by atoms with Crippen molar-refractivity contribution < 1.29 is 9.50 Å². The maximum Gasteiger partial charge on any atom is 0.125 e. The molecular weight excluding hydrogens is 193 g/mol. The van der Waals surface area contributed by atoms with Gasteiger partial charge in [0.15, 0.2) is 0 Å². The van der Waals surface area contributed by atoms with E-state index in [2.05, 4.69) is 4.98 Å². The molecule has 0 amide bonds. The fourth-order valence-electron chi connectivity index (χ4n) is 1.30. The number of H-pyrrole nitrogens is 1. The van der Waals surface area contributed by atoms with Crippen LogP contribution in [0.15, 0.2) is 18.2 Å². The van der Waals surface area contributed by atoms with Crippen LogP contribution in [0.3, 0.4) is 0 Å². The summed E-state index contributed by atoms with van der Waals surface area (Å²) in [6, 6.07) is 4.27. The maximum atomic E-state index is 12.8. The van der Waals surface area contributed by atoms with Crippen molar-refractivity contribution in [3.8, 4) is 0 Å². The summed E-state index contributed by atoms with van der Waals surface area (Å²) in [5.41, 5.74) is 1.12. The van der Waals surface area contributed by atoms with Crippen molar-refractivity contribution in [2.45, 2.75) is 6.61 Å². The Morgan fingerprint density at radius 3 is 2.92 bits per heavy atom. The minimum Gasteiger partial charge on any atom is -0.390 e. The topological polar surface area (TPSA) is 36.0 Å². The number of aliphatic hydroxyl groups is 1. The largest absolute Gasteiger partial charge is 0.390 e. The summed E-state index contributed by atoms with van der Waals surface area (Å²) in [6.45, 7) is -0.171. The summed E-state index contributed by atoms with van der Waals surface area (Å²) in [5, 5.41) is 10.1. The number of nitrogens with one attached hydrogen (secondary N) is 1. The van der Waals surface area contributed by atoms with Crippen LogP contribution in [0.25, 0.3) is 10.9 Å². The lowest BCUT2D eigenvalue weighted by Gasteiger charge is -1.89. The highest BCUT2D eigenvalue weighted by Gasteiger charge is 2.08. The van der Waals surface area contributed by atoms with Crippen LogP contribution in [0.1, 0.15) is 5.69 Å². The van der Waals surface area contributed by atoms with E-state index in [1.165, 1.54) is 12.1 Å². The zero-order chi connectivity index (χ0) is 9.42. The Labute approximate surface area is 79.0 Å². The van der Waals surface area contributed by atoms with Crippen molar-refractivity contribution >= 4 is 22.5 Å². The van der Waals surface area contributed by atoms with Gasteiger partial charge < -0.3 is 10.1 Å². The maximum absolute atomic E-state index is 12.8. The Morgan fingerprint density at radius 2 is 2.23 bits per heavy atom. The second kappa shape index (κ2) is 3.01. The molecule has 0 radical (unpaired) electrons. The minimum atomic E-state index is -0.324. The highest BCUT2D eigenvalue weighted by atomic mass is 35.5. The number of aromatic nitrogens is 1. The smallest absolute Gasteiger partial charge is 0.125 e. The fourth-order valence-corrected chi connectivity index (χ4v) is 1.57. The van der Waals surface area contributed by atoms with E-state index < -0.39 is 0 Å². The van der Waals surface area contributed by atoms with Gasteiger partial charge in [0.2, 0.25) is 0 Å². The van der Waals surface area contributed by atoms with E-state index in [4.69, 9.17) is 16.7 Å². The van der Waals surface area contributed by atoms with Crippen LogP contribution in [0.4, 0.5) is 4.39 Å². The molecule has 2 N–H and O–H groups in total. The third-order valence-electron chi connectivity index (χ3n) is 1.93. The Kier molecular flexibility index (Phi) is 1.98. The van der Waals surface area contributed by atoms with Crippen molar-refractivity contribution in [3.05, 3.63) is 34.7 Å². The predicted molar refractivity (Wildman–Crippen MR) is 49.2 cm³/mol. The molecule has 0 atom stereocenters. The van der Waals surface area contributed by atoms with Gasteiger partial charge in [-0.05, 0) is 18.2 Å². The SMILES string of the molecule is OCc1[nH]c2cc(F)ccc2c1Cl. The summed E-state index contributed by atoms with van der Waals surface area (Å²) < 4.78 is 12.8. The second-order valence-corrected chi connectivity index (χ2v) is 3.14. The quantitative estimate of drug-likeness (QED) is 0.727. The number of aliphatic hydroxyl groups excluding tert-OH is 1. The Balaban J connectivity index is 2.76. The molecule has 0 bridgehead atoms. The third-order valence-corrected chi connectivity index (χ3v) is 2.36. The first kappa shape index (κ1) is 8.53. The van der Waals surface area contributed by atoms with Crippen LogP contribution in [-0.2, 0) is 6.61 Å². The van der Waals surface area contributed by atoms with Gasteiger partial charge in [-0.1, -0.05) is 11.6 Å². The zero-order valence-electron chi connectivity index (χ0n) is 6.64. The number of hydrogen-bond donors (Lipinski definition) is 2. The summed E-state index contributed by atoms with van der Waals surface area (Å²) in [7, 11) is 0. The van der Waals surface area contributed by atoms with Crippen LogP contribution in [0, 0.1) is 5.82 Å². The lowest BCUT2D eigenvalue weighted by Crippen LogP contribution is -1.81. The van der Waals surface area contributed by atoms with Gasteiger partial charge in [-0.25, -0.2) is 4.39 Å². The monoisotopic (exact) mass is 199 g/mol. The molecule has 1 aromatic heterocycles. The van der Waals surface area contributed by atoms with Crippen molar-refractivity contribution in [1.82, 2.24) is 4.98 Å². The van der Waals surface area contributed by atoms with E-state index in [0.29, 0.717) is 16.2 Å². The van der Waals surface area contributed by atoms with E-state index >= 15 is 0 Å². The highest BCUT2D eigenvalue weighted by molar-refractivity contribution is 6.36. The average molecular weight is 200 g/mol. The van der Waals surface area contributed by atoms with Crippen LogP contribution >= 0.6 is 11.6 Å². The molecule has 1 heterocycles. The molecule has 0 aliphatic heterocycles. The van der Waals surface area contributed by atoms with Gasteiger partial charge in [-0.2, -0.15) is 0 Å². The summed E-state index contributed by atoms with van der Waals surface area (Å²) in [6.07, 6.45) is 0. The first-order valence-corrected chi connectivity index (χ1v) is 4.16. The third kappa shape index (κ3) is 1.30. The number of benzene rings is 1. The average Bonchev–Trinajstić information content (AvgIpc) is 2.42. The molecule has 0 fully saturated rings. The van der Waals surface area contributed by atoms with Gasteiger partial charge in [-0.15, -0.1) is 0 Å². The molecule has 0 saturated heterocycles. The number of rotatable bonds is 1. The lowest BCUT2D eigenvalue weighted by molar-refractivity contribution is 0.278. The molecule has 0 aliphatic carbocycles. The lowest BCUT2D eigenvalue weighted by atomic mass is 10.2. The predicted octanol–water partition coefficient (Wildman–Crippen LogP) is 2.45. The Bertz CT molecular complexity index is 452. The van der Waals surface area contributed by atoms with Gasteiger partial charge in [-0.3, -0.25) is 0 Å². The summed E-state index contributed by atoms with van der Waals surface area (Å²) >= 11 is 5.90. The number of hydrogen-bond acceptors (Lipinski definition) is 1. The summed E-state index contributed by atoms with van der Waals surface area (Å²) in [5.74, 6) is -0.324. The molecular formula is C9H7ClFNO. The highest BCUT2D eigenvalue weighted by Crippen LogP contribution is 2.27. The zero-order valence-corrected chi connectivity index (χ0v) is 7.40. The molecule has 2 aromatic rings. The number of fused-ring (bicyclic) bond motifs is 1. The van der Waals surface area contributed by atoms with Gasteiger partial charge in [0.05, 0.1) is 22.8 Å². The van der Waals surface area contributed by atoms with Crippen molar-refractivity contribution in [3.63, 3.8) is 0 Å². The Hall–Kier alpha value is -1.06. The van der Waals surface area contributed by atoms with Gasteiger partial charge >= 0.3 is 0 Å². The van der Waals surface area contributed by atoms with E-state index in [1.54, 1.807) is 6.07 Å². The van der Waals surface area contributed by atoms with Gasteiger partial charge in [0, 0.05) is 5.39 Å². The number of halogens is 2. The van der Waals surface area contributed by atoms with Crippen LogP contribution < -0.4 is 0 Å². The molecule has 0 spiro atoms. The second-order valence-electron chi connectivity index (χ2n) is 2.77. The van der Waals surface area contributed by atoms with E-state index in [-0.39, 0.29) is 12.4 Å². The minimum absolute atomic E-state index is 0.171. The molecule has 0 unspecified atom stereocenters. The fraction of sp³-hybridized carbons (Fsp3) is 0.111. The first-order valence-electron chi connectivity index (χ1n) is 3.79. The van der Waals surface area contributed by atoms with Crippen molar-refractivity contribution in [2.24, 2.45) is 0 Å². The molecule has 0 saturated carbocycles. The molecule has 13 heavy (non-hydrogen) atoms. The number of aromatic amines is 1. The Morgan fingerprint density at radius 1 is 1.46 bits per heavy atom.